The van der Waals surface area contributed by atoms with Gasteiger partial charge >= 0.3 is 0 Å². The Bertz CT molecular complexity index is 701. The number of aryl methyl sites for hydroxylation is 1. The summed E-state index contributed by atoms with van der Waals surface area (Å²) in [5.41, 5.74) is 1.13. The lowest BCUT2D eigenvalue weighted by atomic mass is 10.0. The van der Waals surface area contributed by atoms with Crippen molar-refractivity contribution in [2.24, 2.45) is 7.05 Å². The number of rotatable bonds is 3. The Kier molecular flexibility index (Phi) is 3.23. The molecule has 3 aromatic rings. The van der Waals surface area contributed by atoms with Gasteiger partial charge in [-0.1, -0.05) is 30.7 Å². The van der Waals surface area contributed by atoms with Crippen LogP contribution in [0.1, 0.15) is 24.2 Å². The highest BCUT2D eigenvalue weighted by molar-refractivity contribution is 6.30. The van der Waals surface area contributed by atoms with E-state index in [2.05, 4.69) is 32.2 Å². The minimum absolute atomic E-state index is 0.112. The summed E-state index contributed by atoms with van der Waals surface area (Å²) in [7, 11) is 1.87. The highest BCUT2D eigenvalue weighted by Crippen LogP contribution is 2.24. The third-order valence-electron chi connectivity index (χ3n) is 3.18. The average molecular weight is 289 g/mol. The van der Waals surface area contributed by atoms with Crippen LogP contribution >= 0.6 is 11.6 Å². The van der Waals surface area contributed by atoms with E-state index in [1.807, 2.05) is 31.3 Å². The first-order valence-electron chi connectivity index (χ1n) is 6.17. The van der Waals surface area contributed by atoms with Gasteiger partial charge in [0.15, 0.2) is 5.82 Å². The molecule has 1 unspecified atom stereocenters. The van der Waals surface area contributed by atoms with E-state index in [9.17, 15) is 0 Å². The van der Waals surface area contributed by atoms with Crippen molar-refractivity contribution in [2.75, 3.05) is 0 Å². The Hall–Kier alpha value is -2.21. The number of aromatic nitrogens is 6. The lowest BCUT2D eigenvalue weighted by Gasteiger charge is -2.10. The molecule has 0 saturated heterocycles. The number of benzene rings is 1. The molecule has 1 N–H and O–H groups in total. The molecule has 102 valence electrons. The zero-order chi connectivity index (χ0) is 14.1. The van der Waals surface area contributed by atoms with E-state index in [-0.39, 0.29) is 5.92 Å². The van der Waals surface area contributed by atoms with Crippen LogP contribution in [0.15, 0.2) is 30.6 Å². The molecule has 2 heterocycles. The maximum Gasteiger partial charge on any atom is 0.218 e. The quantitative estimate of drug-likeness (QED) is 0.803. The lowest BCUT2D eigenvalue weighted by Crippen LogP contribution is -2.05. The third kappa shape index (κ3) is 2.30. The van der Waals surface area contributed by atoms with Crippen molar-refractivity contribution in [1.29, 1.82) is 0 Å². The summed E-state index contributed by atoms with van der Waals surface area (Å²) in [6.45, 7) is 2.08. The fraction of sp³-hybridized carbons (Fsp3) is 0.231. The number of nitrogens with one attached hydrogen (secondary N) is 1. The highest BCUT2D eigenvalue weighted by Gasteiger charge is 2.18. The number of hydrogen-bond donors (Lipinski definition) is 1. The van der Waals surface area contributed by atoms with Gasteiger partial charge in [0.1, 0.15) is 12.2 Å². The van der Waals surface area contributed by atoms with E-state index in [4.69, 9.17) is 11.6 Å². The second-order valence-corrected chi connectivity index (χ2v) is 4.96. The first-order valence-corrected chi connectivity index (χ1v) is 6.55. The van der Waals surface area contributed by atoms with Crippen molar-refractivity contribution >= 4 is 11.6 Å². The molecule has 6 nitrogen and oxygen atoms in total. The normalized spacial score (nSPS) is 12.6. The molecule has 0 fully saturated rings. The number of aromatic amines is 1. The maximum atomic E-state index is 5.91. The molecule has 1 atom stereocenters. The molecule has 7 heteroatoms. The summed E-state index contributed by atoms with van der Waals surface area (Å²) < 4.78 is 1.76. The van der Waals surface area contributed by atoms with E-state index >= 15 is 0 Å². The van der Waals surface area contributed by atoms with Crippen molar-refractivity contribution in [2.45, 2.75) is 12.8 Å². The second kappa shape index (κ2) is 5.05. The van der Waals surface area contributed by atoms with Crippen molar-refractivity contribution in [3.63, 3.8) is 0 Å². The molecule has 0 spiro atoms. The minimum Gasteiger partial charge on any atom is -0.257 e. The predicted octanol–water partition coefficient (Wildman–Crippen LogP) is 2.41. The fourth-order valence-corrected chi connectivity index (χ4v) is 2.21. The van der Waals surface area contributed by atoms with Gasteiger partial charge in [-0.3, -0.25) is 9.78 Å². The molecule has 1 aromatic carbocycles. The van der Waals surface area contributed by atoms with Gasteiger partial charge in [-0.25, -0.2) is 9.97 Å². The topological polar surface area (TPSA) is 72.3 Å². The van der Waals surface area contributed by atoms with Crippen LogP contribution in [0.25, 0.3) is 11.6 Å². The van der Waals surface area contributed by atoms with E-state index in [0.717, 1.165) is 16.4 Å². The Morgan fingerprint density at radius 3 is 2.65 bits per heavy atom. The van der Waals surface area contributed by atoms with Crippen LogP contribution in [-0.4, -0.2) is 29.9 Å². The molecule has 0 saturated carbocycles. The monoisotopic (exact) mass is 288 g/mol. The predicted molar refractivity (Wildman–Crippen MR) is 75.3 cm³/mol. The van der Waals surface area contributed by atoms with Gasteiger partial charge in [0, 0.05) is 18.0 Å². The Balaban J connectivity index is 1.96. The van der Waals surface area contributed by atoms with Crippen molar-refractivity contribution < 1.29 is 0 Å². The van der Waals surface area contributed by atoms with Gasteiger partial charge in [-0.05, 0) is 17.7 Å². The SMILES string of the molecule is CC(c1ccc(Cl)cc1)c1nc(-c2ncn[nH]2)nn1C. The van der Waals surface area contributed by atoms with Crippen LogP contribution in [-0.2, 0) is 7.05 Å². The summed E-state index contributed by atoms with van der Waals surface area (Å²) >= 11 is 5.91. The molecular weight excluding hydrogens is 276 g/mol. The van der Waals surface area contributed by atoms with Crippen LogP contribution in [0.2, 0.25) is 5.02 Å². The number of hydrogen-bond acceptors (Lipinski definition) is 4. The molecule has 0 aliphatic rings. The number of nitrogens with zero attached hydrogens (tertiary/aromatic N) is 5. The van der Waals surface area contributed by atoms with Gasteiger partial charge < -0.3 is 0 Å². The first kappa shape index (κ1) is 12.8. The molecular formula is C13H13ClN6. The van der Waals surface area contributed by atoms with Crippen LogP contribution in [0, 0.1) is 0 Å². The van der Waals surface area contributed by atoms with Gasteiger partial charge in [-0.15, -0.1) is 5.10 Å². The second-order valence-electron chi connectivity index (χ2n) is 4.52. The maximum absolute atomic E-state index is 5.91. The van der Waals surface area contributed by atoms with Crippen LogP contribution < -0.4 is 0 Å². The standard InChI is InChI=1S/C13H13ClN6/c1-8(9-3-5-10(14)6-4-9)13-17-12(19-20(13)2)11-15-7-16-18-11/h3-8H,1-2H3,(H,15,16,18). The Morgan fingerprint density at radius 1 is 1.25 bits per heavy atom. The molecule has 0 bridgehead atoms. The van der Waals surface area contributed by atoms with E-state index < -0.39 is 0 Å². The van der Waals surface area contributed by atoms with Crippen LogP contribution in [0.3, 0.4) is 0 Å². The molecule has 3 rings (SSSR count). The smallest absolute Gasteiger partial charge is 0.218 e. The van der Waals surface area contributed by atoms with Crippen LogP contribution in [0.5, 0.6) is 0 Å². The Labute approximate surface area is 120 Å². The first-order chi connectivity index (χ1) is 9.65. The lowest BCUT2D eigenvalue weighted by molar-refractivity contribution is 0.673. The molecule has 0 radical (unpaired) electrons. The third-order valence-corrected chi connectivity index (χ3v) is 3.43. The molecule has 0 aliphatic heterocycles. The summed E-state index contributed by atoms with van der Waals surface area (Å²) in [5.74, 6) is 2.08. The molecule has 0 amide bonds. The van der Waals surface area contributed by atoms with Gasteiger partial charge in [0.25, 0.3) is 0 Å². The van der Waals surface area contributed by atoms with Crippen molar-refractivity contribution in [3.05, 3.63) is 47.0 Å². The number of H-pyrrole nitrogens is 1. The van der Waals surface area contributed by atoms with E-state index in [0.29, 0.717) is 11.6 Å². The number of halogens is 1. The van der Waals surface area contributed by atoms with Gasteiger partial charge in [0.05, 0.1) is 0 Å². The summed E-state index contributed by atoms with van der Waals surface area (Å²) in [6, 6.07) is 7.74. The average Bonchev–Trinajstić information content (AvgIpc) is 3.08. The molecule has 2 aromatic heterocycles. The molecule has 20 heavy (non-hydrogen) atoms. The van der Waals surface area contributed by atoms with Crippen LogP contribution in [0.4, 0.5) is 0 Å². The largest absolute Gasteiger partial charge is 0.257 e. The fourth-order valence-electron chi connectivity index (χ4n) is 2.09. The van der Waals surface area contributed by atoms with Crippen molar-refractivity contribution in [1.82, 2.24) is 29.9 Å². The van der Waals surface area contributed by atoms with E-state index in [1.54, 1.807) is 4.68 Å². The zero-order valence-corrected chi connectivity index (χ0v) is 11.8. The van der Waals surface area contributed by atoms with Gasteiger partial charge in [0.2, 0.25) is 5.82 Å². The summed E-state index contributed by atoms with van der Waals surface area (Å²) in [5, 5.41) is 11.7. The van der Waals surface area contributed by atoms with Crippen molar-refractivity contribution in [3.8, 4) is 11.6 Å². The molecule has 0 aliphatic carbocycles. The minimum atomic E-state index is 0.112. The summed E-state index contributed by atoms with van der Waals surface area (Å²) in [4.78, 5) is 8.60. The zero-order valence-electron chi connectivity index (χ0n) is 11.1. The van der Waals surface area contributed by atoms with E-state index in [1.165, 1.54) is 6.33 Å². The summed E-state index contributed by atoms with van der Waals surface area (Å²) in [6.07, 6.45) is 1.44. The van der Waals surface area contributed by atoms with Gasteiger partial charge in [-0.2, -0.15) is 5.10 Å². The highest BCUT2D eigenvalue weighted by atomic mass is 35.5. The Morgan fingerprint density at radius 2 is 2.00 bits per heavy atom.